The molecule has 0 atom stereocenters. The fraction of sp³-hybridized carbons (Fsp3) is 0.200. The van der Waals surface area contributed by atoms with E-state index >= 15 is 0 Å². The number of pyridine rings is 1. The minimum atomic E-state index is 0.216. The van der Waals surface area contributed by atoms with E-state index in [-0.39, 0.29) is 5.78 Å². The van der Waals surface area contributed by atoms with E-state index in [1.165, 1.54) is 0 Å². The second kappa shape index (κ2) is 2.89. The van der Waals surface area contributed by atoms with Crippen molar-refractivity contribution in [2.75, 3.05) is 0 Å². The Hall–Kier alpha value is -1.44. The van der Waals surface area contributed by atoms with Crippen molar-refractivity contribution in [1.29, 1.82) is 0 Å². The molecule has 1 aliphatic rings. The van der Waals surface area contributed by atoms with Gasteiger partial charge in [0.15, 0.2) is 5.78 Å². The largest absolute Gasteiger partial charge is 0.294 e. The summed E-state index contributed by atoms with van der Waals surface area (Å²) >= 11 is 0. The minimum Gasteiger partial charge on any atom is -0.294 e. The van der Waals surface area contributed by atoms with Crippen LogP contribution in [0.5, 0.6) is 0 Å². The molecule has 0 aromatic carbocycles. The third-order valence-electron chi connectivity index (χ3n) is 1.96. The summed E-state index contributed by atoms with van der Waals surface area (Å²) in [6.45, 7) is 0. The Bertz CT molecular complexity index is 327. The molecule has 1 aliphatic carbocycles. The number of allylic oxidation sites excluding steroid dienone is 2. The summed E-state index contributed by atoms with van der Waals surface area (Å²) in [5.41, 5.74) is 1.59. The van der Waals surface area contributed by atoms with Gasteiger partial charge in [0.1, 0.15) is 0 Å². The Morgan fingerprint density at radius 1 is 1.33 bits per heavy atom. The molecular weight excluding hydrogens is 150 g/mol. The van der Waals surface area contributed by atoms with Crippen LogP contribution in [0, 0.1) is 0 Å². The number of nitrogens with zero attached hydrogens (tertiary/aromatic N) is 1. The number of hydrogen-bond acceptors (Lipinski definition) is 2. The molecule has 0 saturated heterocycles. The normalized spacial score (nSPS) is 16.3. The standard InChI is InChI=1S/C10H9NO/c12-10-6-3-4-8(10)9-5-1-2-7-11-9/h1-2,4-5,7H,3,6H2. The second-order valence-electron chi connectivity index (χ2n) is 2.79. The number of rotatable bonds is 1. The van der Waals surface area contributed by atoms with Gasteiger partial charge in [-0.05, 0) is 18.6 Å². The minimum absolute atomic E-state index is 0.216. The van der Waals surface area contributed by atoms with E-state index in [4.69, 9.17) is 0 Å². The summed E-state index contributed by atoms with van der Waals surface area (Å²) in [4.78, 5) is 15.4. The molecule has 0 fully saturated rings. The Balaban J connectivity index is 2.38. The molecule has 60 valence electrons. The van der Waals surface area contributed by atoms with Crippen molar-refractivity contribution in [3.05, 3.63) is 36.2 Å². The molecular formula is C10H9NO. The lowest BCUT2D eigenvalue weighted by molar-refractivity contribution is -0.113. The van der Waals surface area contributed by atoms with Gasteiger partial charge in [-0.15, -0.1) is 0 Å². The predicted octanol–water partition coefficient (Wildman–Crippen LogP) is 1.83. The third kappa shape index (κ3) is 1.16. The molecule has 0 amide bonds. The number of carbonyl (C=O) groups is 1. The first-order chi connectivity index (χ1) is 5.88. The van der Waals surface area contributed by atoms with Gasteiger partial charge in [-0.25, -0.2) is 0 Å². The molecule has 0 spiro atoms. The van der Waals surface area contributed by atoms with Crippen LogP contribution in [0.15, 0.2) is 30.5 Å². The van der Waals surface area contributed by atoms with Gasteiger partial charge in [0.05, 0.1) is 5.69 Å². The number of aromatic nitrogens is 1. The topological polar surface area (TPSA) is 30.0 Å². The van der Waals surface area contributed by atoms with Crippen LogP contribution in [0.25, 0.3) is 5.57 Å². The molecule has 0 N–H and O–H groups in total. The Morgan fingerprint density at radius 3 is 2.83 bits per heavy atom. The highest BCUT2D eigenvalue weighted by molar-refractivity contribution is 6.21. The monoisotopic (exact) mass is 159 g/mol. The highest BCUT2D eigenvalue weighted by atomic mass is 16.1. The van der Waals surface area contributed by atoms with E-state index in [0.717, 1.165) is 17.7 Å². The molecule has 0 saturated carbocycles. The zero-order valence-corrected chi connectivity index (χ0v) is 6.66. The van der Waals surface area contributed by atoms with Crippen LogP contribution in [0.3, 0.4) is 0 Å². The summed E-state index contributed by atoms with van der Waals surface area (Å²) in [5, 5.41) is 0. The van der Waals surface area contributed by atoms with E-state index in [1.54, 1.807) is 6.20 Å². The van der Waals surface area contributed by atoms with Gasteiger partial charge in [0.25, 0.3) is 0 Å². The van der Waals surface area contributed by atoms with Gasteiger partial charge < -0.3 is 0 Å². The molecule has 0 aliphatic heterocycles. The van der Waals surface area contributed by atoms with Crippen LogP contribution < -0.4 is 0 Å². The predicted molar refractivity (Wildman–Crippen MR) is 46.5 cm³/mol. The lowest BCUT2D eigenvalue weighted by atomic mass is 10.1. The first-order valence-corrected chi connectivity index (χ1v) is 4.03. The quantitative estimate of drug-likeness (QED) is 0.625. The average molecular weight is 159 g/mol. The van der Waals surface area contributed by atoms with Crippen LogP contribution in [0.1, 0.15) is 18.5 Å². The summed E-state index contributed by atoms with van der Waals surface area (Å²) < 4.78 is 0. The smallest absolute Gasteiger partial charge is 0.165 e. The van der Waals surface area contributed by atoms with Crippen LogP contribution >= 0.6 is 0 Å². The lowest BCUT2D eigenvalue weighted by Crippen LogP contribution is -1.96. The first kappa shape index (κ1) is 7.22. The lowest BCUT2D eigenvalue weighted by Gasteiger charge is -1.97. The van der Waals surface area contributed by atoms with Gasteiger partial charge in [-0.2, -0.15) is 0 Å². The van der Waals surface area contributed by atoms with Crippen molar-refractivity contribution in [1.82, 2.24) is 4.98 Å². The van der Waals surface area contributed by atoms with E-state index in [0.29, 0.717) is 6.42 Å². The highest BCUT2D eigenvalue weighted by Crippen LogP contribution is 2.22. The Labute approximate surface area is 70.9 Å². The van der Waals surface area contributed by atoms with Crippen molar-refractivity contribution in [2.45, 2.75) is 12.8 Å². The Morgan fingerprint density at radius 2 is 2.25 bits per heavy atom. The van der Waals surface area contributed by atoms with Crippen molar-refractivity contribution in [2.24, 2.45) is 0 Å². The van der Waals surface area contributed by atoms with Crippen LogP contribution in [0.4, 0.5) is 0 Å². The fourth-order valence-electron chi connectivity index (χ4n) is 1.37. The van der Waals surface area contributed by atoms with Crippen molar-refractivity contribution < 1.29 is 4.79 Å². The molecule has 0 radical (unpaired) electrons. The SMILES string of the molecule is O=C1CCC=C1c1ccccn1. The molecule has 2 rings (SSSR count). The average Bonchev–Trinajstić information content (AvgIpc) is 2.53. The molecule has 0 bridgehead atoms. The number of carbonyl (C=O) groups excluding carboxylic acids is 1. The molecule has 1 heterocycles. The summed E-state index contributed by atoms with van der Waals surface area (Å²) in [7, 11) is 0. The number of ketones is 1. The van der Waals surface area contributed by atoms with Gasteiger partial charge in [0, 0.05) is 18.2 Å². The summed E-state index contributed by atoms with van der Waals surface area (Å²) in [6, 6.07) is 5.62. The van der Waals surface area contributed by atoms with Crippen molar-refractivity contribution >= 4 is 11.4 Å². The first-order valence-electron chi connectivity index (χ1n) is 4.03. The zero-order valence-electron chi connectivity index (χ0n) is 6.66. The molecule has 2 heteroatoms. The highest BCUT2D eigenvalue weighted by Gasteiger charge is 2.16. The van der Waals surface area contributed by atoms with Crippen molar-refractivity contribution in [3.8, 4) is 0 Å². The number of hydrogen-bond donors (Lipinski definition) is 0. The Kier molecular flexibility index (Phi) is 1.74. The maximum atomic E-state index is 11.3. The van der Waals surface area contributed by atoms with Gasteiger partial charge in [0.2, 0.25) is 0 Å². The molecule has 2 nitrogen and oxygen atoms in total. The molecule has 1 aromatic rings. The maximum absolute atomic E-state index is 11.3. The van der Waals surface area contributed by atoms with Gasteiger partial charge in [-0.1, -0.05) is 12.1 Å². The second-order valence-corrected chi connectivity index (χ2v) is 2.79. The van der Waals surface area contributed by atoms with E-state index in [2.05, 4.69) is 4.98 Å². The van der Waals surface area contributed by atoms with Crippen molar-refractivity contribution in [3.63, 3.8) is 0 Å². The van der Waals surface area contributed by atoms with Gasteiger partial charge in [-0.3, -0.25) is 9.78 Å². The van der Waals surface area contributed by atoms with E-state index < -0.39 is 0 Å². The molecule has 0 unspecified atom stereocenters. The van der Waals surface area contributed by atoms with E-state index in [1.807, 2.05) is 24.3 Å². The van der Waals surface area contributed by atoms with Crippen LogP contribution in [-0.4, -0.2) is 10.8 Å². The van der Waals surface area contributed by atoms with Crippen LogP contribution in [0.2, 0.25) is 0 Å². The summed E-state index contributed by atoms with van der Waals surface area (Å²) in [5.74, 6) is 0.216. The van der Waals surface area contributed by atoms with E-state index in [9.17, 15) is 4.79 Å². The van der Waals surface area contributed by atoms with Gasteiger partial charge >= 0.3 is 0 Å². The maximum Gasteiger partial charge on any atom is 0.165 e. The summed E-state index contributed by atoms with van der Waals surface area (Å²) in [6.07, 6.45) is 5.18. The van der Waals surface area contributed by atoms with Crippen LogP contribution in [-0.2, 0) is 4.79 Å². The molecule has 12 heavy (non-hydrogen) atoms. The number of Topliss-reactive ketones (excluding diaryl/α,β-unsaturated/α-hetero) is 1. The third-order valence-corrected chi connectivity index (χ3v) is 1.96. The molecule has 1 aromatic heterocycles. The zero-order chi connectivity index (χ0) is 8.39. The fourth-order valence-corrected chi connectivity index (χ4v) is 1.37.